The van der Waals surface area contributed by atoms with Crippen molar-refractivity contribution in [3.8, 4) is 11.5 Å². The van der Waals surface area contributed by atoms with Gasteiger partial charge in [-0.25, -0.2) is 0 Å². The van der Waals surface area contributed by atoms with Crippen molar-refractivity contribution in [1.82, 2.24) is 4.90 Å². The summed E-state index contributed by atoms with van der Waals surface area (Å²) in [6, 6.07) is 21.8. The highest BCUT2D eigenvalue weighted by Crippen LogP contribution is 2.26. The fourth-order valence-corrected chi connectivity index (χ4v) is 4.10. The van der Waals surface area contributed by atoms with Crippen LogP contribution < -0.4 is 15.4 Å². The number of amides is 2. The van der Waals surface area contributed by atoms with E-state index in [1.165, 1.54) is 0 Å². The van der Waals surface area contributed by atoms with Crippen LogP contribution in [0.2, 0.25) is 10.0 Å². The number of anilines is 2. The SMILES string of the molecule is O=C(CN1CCC(C(=O)Nc2ccc(Oc3ccccc3)cc2)CC1)Nc1ccc(Cl)c(Cl)c1. The summed E-state index contributed by atoms with van der Waals surface area (Å²) in [5.74, 6) is 1.25. The topological polar surface area (TPSA) is 70.7 Å². The smallest absolute Gasteiger partial charge is 0.238 e. The number of para-hydroxylation sites is 1. The highest BCUT2D eigenvalue weighted by atomic mass is 35.5. The van der Waals surface area contributed by atoms with Crippen LogP contribution in [-0.4, -0.2) is 36.3 Å². The van der Waals surface area contributed by atoms with E-state index in [1.807, 2.05) is 59.5 Å². The Morgan fingerprint density at radius 2 is 1.47 bits per heavy atom. The number of carbonyl (C=O) groups excluding carboxylic acids is 2. The minimum absolute atomic E-state index is 0.00312. The average molecular weight is 498 g/mol. The molecule has 0 bridgehead atoms. The first-order chi connectivity index (χ1) is 16.5. The van der Waals surface area contributed by atoms with Crippen LogP contribution in [0.4, 0.5) is 11.4 Å². The number of nitrogens with one attached hydrogen (secondary N) is 2. The van der Waals surface area contributed by atoms with E-state index in [4.69, 9.17) is 27.9 Å². The van der Waals surface area contributed by atoms with Gasteiger partial charge in [0.1, 0.15) is 11.5 Å². The van der Waals surface area contributed by atoms with Crippen LogP contribution in [-0.2, 0) is 9.59 Å². The Morgan fingerprint density at radius 3 is 2.15 bits per heavy atom. The second-order valence-corrected chi connectivity index (χ2v) is 8.97. The van der Waals surface area contributed by atoms with Crippen molar-refractivity contribution in [2.75, 3.05) is 30.3 Å². The zero-order valence-corrected chi connectivity index (χ0v) is 20.0. The predicted molar refractivity (Wildman–Crippen MR) is 136 cm³/mol. The van der Waals surface area contributed by atoms with Crippen molar-refractivity contribution < 1.29 is 14.3 Å². The number of piperidine rings is 1. The van der Waals surface area contributed by atoms with Crippen LogP contribution >= 0.6 is 23.2 Å². The number of rotatable bonds is 7. The molecule has 1 aliphatic heterocycles. The second kappa shape index (κ2) is 11.4. The second-order valence-electron chi connectivity index (χ2n) is 8.16. The summed E-state index contributed by atoms with van der Waals surface area (Å²) >= 11 is 11.9. The molecule has 0 radical (unpaired) electrons. The highest BCUT2D eigenvalue weighted by molar-refractivity contribution is 6.42. The Hall–Kier alpha value is -3.06. The Kier molecular flexibility index (Phi) is 8.06. The van der Waals surface area contributed by atoms with E-state index in [9.17, 15) is 9.59 Å². The van der Waals surface area contributed by atoms with Crippen LogP contribution in [0.25, 0.3) is 0 Å². The van der Waals surface area contributed by atoms with Gasteiger partial charge >= 0.3 is 0 Å². The van der Waals surface area contributed by atoms with E-state index >= 15 is 0 Å². The molecule has 0 aliphatic carbocycles. The zero-order valence-electron chi connectivity index (χ0n) is 18.5. The molecule has 34 heavy (non-hydrogen) atoms. The third-order valence-corrected chi connectivity index (χ3v) is 6.37. The van der Waals surface area contributed by atoms with Crippen molar-refractivity contribution in [2.24, 2.45) is 5.92 Å². The molecule has 0 atom stereocenters. The lowest BCUT2D eigenvalue weighted by Crippen LogP contribution is -2.41. The van der Waals surface area contributed by atoms with Crippen LogP contribution in [0.3, 0.4) is 0 Å². The predicted octanol–water partition coefficient (Wildman–Crippen LogP) is 6.07. The molecule has 2 N–H and O–H groups in total. The summed E-state index contributed by atoms with van der Waals surface area (Å²) in [5.41, 5.74) is 1.34. The molecule has 0 spiro atoms. The van der Waals surface area contributed by atoms with E-state index < -0.39 is 0 Å². The van der Waals surface area contributed by atoms with Gasteiger partial charge in [-0.2, -0.15) is 0 Å². The minimum Gasteiger partial charge on any atom is -0.457 e. The van der Waals surface area contributed by atoms with Gasteiger partial charge in [0.25, 0.3) is 0 Å². The molecule has 3 aromatic carbocycles. The maximum atomic E-state index is 12.7. The Morgan fingerprint density at radius 1 is 0.824 bits per heavy atom. The number of hydrogen-bond acceptors (Lipinski definition) is 4. The number of hydrogen-bond donors (Lipinski definition) is 2. The van der Waals surface area contributed by atoms with E-state index in [-0.39, 0.29) is 24.3 Å². The van der Waals surface area contributed by atoms with Gasteiger partial charge in [0, 0.05) is 17.3 Å². The molecule has 3 aromatic rings. The van der Waals surface area contributed by atoms with E-state index in [2.05, 4.69) is 10.6 Å². The van der Waals surface area contributed by atoms with Crippen molar-refractivity contribution in [3.05, 3.63) is 82.8 Å². The maximum absolute atomic E-state index is 12.7. The molecule has 1 saturated heterocycles. The van der Waals surface area contributed by atoms with Gasteiger partial charge in [-0.05, 0) is 80.5 Å². The number of carbonyl (C=O) groups is 2. The summed E-state index contributed by atoms with van der Waals surface area (Å²) in [6.07, 6.45) is 1.39. The molecule has 0 aromatic heterocycles. The summed E-state index contributed by atoms with van der Waals surface area (Å²) < 4.78 is 5.78. The van der Waals surface area contributed by atoms with Gasteiger partial charge in [-0.1, -0.05) is 41.4 Å². The van der Waals surface area contributed by atoms with E-state index in [0.29, 0.717) is 47.4 Å². The molecule has 2 amide bonds. The van der Waals surface area contributed by atoms with Crippen LogP contribution in [0.5, 0.6) is 11.5 Å². The van der Waals surface area contributed by atoms with Crippen LogP contribution in [0.15, 0.2) is 72.8 Å². The molecular formula is C26H25Cl2N3O3. The van der Waals surface area contributed by atoms with Crippen molar-refractivity contribution in [1.29, 1.82) is 0 Å². The third-order valence-electron chi connectivity index (χ3n) is 5.63. The number of nitrogens with zero attached hydrogens (tertiary/aromatic N) is 1. The molecule has 6 nitrogen and oxygen atoms in total. The summed E-state index contributed by atoms with van der Waals surface area (Å²) in [7, 11) is 0. The average Bonchev–Trinajstić information content (AvgIpc) is 2.84. The summed E-state index contributed by atoms with van der Waals surface area (Å²) in [5, 5.41) is 6.65. The van der Waals surface area contributed by atoms with Crippen LogP contribution in [0.1, 0.15) is 12.8 Å². The molecule has 4 rings (SSSR count). The van der Waals surface area contributed by atoms with Gasteiger partial charge in [-0.3, -0.25) is 14.5 Å². The zero-order chi connectivity index (χ0) is 23.9. The number of benzene rings is 3. The first kappa shape index (κ1) is 24.1. The molecule has 0 unspecified atom stereocenters. The highest BCUT2D eigenvalue weighted by Gasteiger charge is 2.26. The molecule has 0 saturated carbocycles. The van der Waals surface area contributed by atoms with Gasteiger partial charge in [-0.15, -0.1) is 0 Å². The monoisotopic (exact) mass is 497 g/mol. The van der Waals surface area contributed by atoms with Gasteiger partial charge in [0.15, 0.2) is 0 Å². The molecule has 1 fully saturated rings. The summed E-state index contributed by atoms with van der Waals surface area (Å²) in [4.78, 5) is 27.1. The first-order valence-electron chi connectivity index (χ1n) is 11.1. The Balaban J connectivity index is 1.21. The molecule has 8 heteroatoms. The normalized spacial score (nSPS) is 14.4. The maximum Gasteiger partial charge on any atom is 0.238 e. The van der Waals surface area contributed by atoms with E-state index in [0.717, 1.165) is 11.4 Å². The minimum atomic E-state index is -0.126. The first-order valence-corrected chi connectivity index (χ1v) is 11.8. The largest absolute Gasteiger partial charge is 0.457 e. The molecule has 1 aliphatic rings. The lowest BCUT2D eigenvalue weighted by molar-refractivity contribution is -0.121. The van der Waals surface area contributed by atoms with Crippen LogP contribution in [0, 0.1) is 5.92 Å². The van der Waals surface area contributed by atoms with E-state index in [1.54, 1.807) is 18.2 Å². The lowest BCUT2D eigenvalue weighted by Gasteiger charge is -2.30. The molecule has 176 valence electrons. The van der Waals surface area contributed by atoms with Gasteiger partial charge in [0.2, 0.25) is 11.8 Å². The molecular weight excluding hydrogens is 473 g/mol. The fourth-order valence-electron chi connectivity index (χ4n) is 3.81. The fraction of sp³-hybridized carbons (Fsp3) is 0.231. The van der Waals surface area contributed by atoms with Gasteiger partial charge < -0.3 is 15.4 Å². The number of likely N-dealkylation sites (tertiary alicyclic amines) is 1. The van der Waals surface area contributed by atoms with Crippen molar-refractivity contribution >= 4 is 46.4 Å². The Bertz CT molecular complexity index is 1130. The lowest BCUT2D eigenvalue weighted by atomic mass is 9.96. The van der Waals surface area contributed by atoms with Crippen molar-refractivity contribution in [3.63, 3.8) is 0 Å². The molecule has 1 heterocycles. The number of ether oxygens (including phenoxy) is 1. The van der Waals surface area contributed by atoms with Gasteiger partial charge in [0.05, 0.1) is 16.6 Å². The number of halogens is 2. The third kappa shape index (κ3) is 6.73. The summed E-state index contributed by atoms with van der Waals surface area (Å²) in [6.45, 7) is 1.62. The Labute approximate surface area is 208 Å². The van der Waals surface area contributed by atoms with Crippen molar-refractivity contribution in [2.45, 2.75) is 12.8 Å². The quantitative estimate of drug-likeness (QED) is 0.415. The standard InChI is InChI=1S/C26H25Cl2N3O3/c27-23-11-8-20(16-24(23)28)29-25(32)17-31-14-12-18(13-15-31)26(33)30-19-6-9-22(10-7-19)34-21-4-2-1-3-5-21/h1-11,16,18H,12-15,17H2,(H,29,32)(H,30,33).